The molecule has 1 heterocycles. The predicted molar refractivity (Wildman–Crippen MR) is 84.0 cm³/mol. The fourth-order valence-electron chi connectivity index (χ4n) is 2.50. The SMILES string of the molecule is O=C(O)c1cn(Cc2ccccc2)c(O)c1-c1ccccc1. The number of nitrogens with zero attached hydrogens (tertiary/aromatic N) is 1. The topological polar surface area (TPSA) is 62.5 Å². The van der Waals surface area contributed by atoms with Gasteiger partial charge in [0, 0.05) is 6.20 Å². The van der Waals surface area contributed by atoms with Crippen molar-refractivity contribution in [1.82, 2.24) is 4.57 Å². The van der Waals surface area contributed by atoms with Crippen LogP contribution in [0, 0.1) is 0 Å². The second kappa shape index (κ2) is 5.77. The summed E-state index contributed by atoms with van der Waals surface area (Å²) < 4.78 is 1.56. The largest absolute Gasteiger partial charge is 0.494 e. The van der Waals surface area contributed by atoms with Crippen molar-refractivity contribution in [3.05, 3.63) is 78.0 Å². The minimum absolute atomic E-state index is 0.0348. The zero-order valence-electron chi connectivity index (χ0n) is 11.8. The van der Waals surface area contributed by atoms with Crippen molar-refractivity contribution in [3.63, 3.8) is 0 Å². The number of carboxylic acids is 1. The summed E-state index contributed by atoms with van der Waals surface area (Å²) in [4.78, 5) is 11.5. The third-order valence-corrected chi connectivity index (χ3v) is 3.54. The van der Waals surface area contributed by atoms with Crippen molar-refractivity contribution in [3.8, 4) is 17.0 Å². The number of carboxylic acid groups (broad SMARTS) is 1. The molecule has 0 aliphatic rings. The number of aromatic hydroxyl groups is 1. The van der Waals surface area contributed by atoms with Crippen molar-refractivity contribution in [2.24, 2.45) is 0 Å². The maximum atomic E-state index is 11.5. The molecule has 0 atom stereocenters. The standard InChI is InChI=1S/C18H15NO3/c20-17-16(14-9-5-2-6-10-14)15(18(21)22)12-19(17)11-13-7-3-1-4-8-13/h1-10,12,20H,11H2,(H,21,22). The van der Waals surface area contributed by atoms with Gasteiger partial charge in [-0.3, -0.25) is 0 Å². The molecule has 3 aromatic rings. The van der Waals surface area contributed by atoms with Gasteiger partial charge in [0.25, 0.3) is 0 Å². The van der Waals surface area contributed by atoms with Crippen molar-refractivity contribution < 1.29 is 15.0 Å². The Balaban J connectivity index is 2.08. The van der Waals surface area contributed by atoms with Crippen LogP contribution in [0.1, 0.15) is 15.9 Å². The zero-order valence-corrected chi connectivity index (χ0v) is 11.8. The monoisotopic (exact) mass is 293 g/mol. The molecule has 0 fully saturated rings. The number of aromatic nitrogens is 1. The Labute approximate surface area is 127 Å². The highest BCUT2D eigenvalue weighted by atomic mass is 16.4. The van der Waals surface area contributed by atoms with Crippen LogP contribution >= 0.6 is 0 Å². The lowest BCUT2D eigenvalue weighted by Crippen LogP contribution is -1.98. The van der Waals surface area contributed by atoms with Gasteiger partial charge < -0.3 is 14.8 Å². The molecule has 0 unspecified atom stereocenters. The van der Waals surface area contributed by atoms with Crippen LogP contribution in [-0.4, -0.2) is 20.7 Å². The number of benzene rings is 2. The molecule has 0 radical (unpaired) electrons. The first kappa shape index (κ1) is 13.9. The van der Waals surface area contributed by atoms with E-state index >= 15 is 0 Å². The first-order chi connectivity index (χ1) is 10.7. The molecule has 0 bridgehead atoms. The maximum absolute atomic E-state index is 11.5. The lowest BCUT2D eigenvalue weighted by atomic mass is 10.0. The highest BCUT2D eigenvalue weighted by Gasteiger charge is 2.21. The molecule has 0 spiro atoms. The Morgan fingerprint density at radius 2 is 1.55 bits per heavy atom. The van der Waals surface area contributed by atoms with Gasteiger partial charge in [0.2, 0.25) is 0 Å². The third-order valence-electron chi connectivity index (χ3n) is 3.54. The average Bonchev–Trinajstić information content (AvgIpc) is 2.86. The fourth-order valence-corrected chi connectivity index (χ4v) is 2.50. The van der Waals surface area contributed by atoms with Gasteiger partial charge >= 0.3 is 5.97 Å². The van der Waals surface area contributed by atoms with E-state index in [0.717, 1.165) is 5.56 Å². The van der Waals surface area contributed by atoms with Crippen molar-refractivity contribution in [2.75, 3.05) is 0 Å². The highest BCUT2D eigenvalue weighted by Crippen LogP contribution is 2.35. The summed E-state index contributed by atoms with van der Waals surface area (Å²) in [5, 5.41) is 19.9. The number of hydrogen-bond donors (Lipinski definition) is 2. The van der Waals surface area contributed by atoms with Crippen molar-refractivity contribution >= 4 is 5.97 Å². The minimum atomic E-state index is -1.05. The van der Waals surface area contributed by atoms with E-state index in [2.05, 4.69) is 0 Å². The summed E-state index contributed by atoms with van der Waals surface area (Å²) in [7, 11) is 0. The molecule has 4 heteroatoms. The van der Waals surface area contributed by atoms with Crippen LogP contribution in [0.3, 0.4) is 0 Å². The van der Waals surface area contributed by atoms with E-state index in [1.807, 2.05) is 48.5 Å². The molecular formula is C18H15NO3. The van der Waals surface area contributed by atoms with Gasteiger partial charge in [0.1, 0.15) is 0 Å². The molecular weight excluding hydrogens is 278 g/mol. The van der Waals surface area contributed by atoms with E-state index in [9.17, 15) is 15.0 Å². The summed E-state index contributed by atoms with van der Waals surface area (Å²) in [6.07, 6.45) is 1.48. The van der Waals surface area contributed by atoms with Gasteiger partial charge in [-0.1, -0.05) is 60.7 Å². The van der Waals surface area contributed by atoms with Gasteiger partial charge in [-0.25, -0.2) is 4.79 Å². The van der Waals surface area contributed by atoms with Crippen LogP contribution in [0.15, 0.2) is 66.9 Å². The number of carbonyl (C=O) groups is 1. The molecule has 0 aliphatic carbocycles. The van der Waals surface area contributed by atoms with Crippen LogP contribution in [0.2, 0.25) is 0 Å². The van der Waals surface area contributed by atoms with E-state index in [0.29, 0.717) is 17.7 Å². The van der Waals surface area contributed by atoms with E-state index in [1.165, 1.54) is 6.20 Å². The average molecular weight is 293 g/mol. The summed E-state index contributed by atoms with van der Waals surface area (Å²) >= 11 is 0. The molecule has 110 valence electrons. The summed E-state index contributed by atoms with van der Waals surface area (Å²) in [5.74, 6) is -1.09. The Bertz CT molecular complexity index is 792. The van der Waals surface area contributed by atoms with Gasteiger partial charge in [0.15, 0.2) is 5.88 Å². The van der Waals surface area contributed by atoms with E-state index in [-0.39, 0.29) is 11.4 Å². The number of aromatic carboxylic acids is 1. The Kier molecular flexibility index (Phi) is 3.66. The summed E-state index contributed by atoms with van der Waals surface area (Å²) in [6, 6.07) is 18.6. The normalized spacial score (nSPS) is 10.5. The Morgan fingerprint density at radius 1 is 0.955 bits per heavy atom. The lowest BCUT2D eigenvalue weighted by molar-refractivity contribution is 0.0697. The number of hydrogen-bond acceptors (Lipinski definition) is 2. The molecule has 4 nitrogen and oxygen atoms in total. The van der Waals surface area contributed by atoms with Gasteiger partial charge in [0.05, 0.1) is 17.7 Å². The van der Waals surface area contributed by atoms with Crippen LogP contribution in [-0.2, 0) is 6.54 Å². The van der Waals surface area contributed by atoms with Crippen molar-refractivity contribution in [1.29, 1.82) is 0 Å². The van der Waals surface area contributed by atoms with E-state index in [1.54, 1.807) is 16.7 Å². The van der Waals surface area contributed by atoms with E-state index < -0.39 is 5.97 Å². The predicted octanol–water partition coefficient (Wildman–Crippen LogP) is 3.61. The smallest absolute Gasteiger partial charge is 0.338 e. The summed E-state index contributed by atoms with van der Waals surface area (Å²) in [5.41, 5.74) is 2.12. The first-order valence-electron chi connectivity index (χ1n) is 6.91. The second-order valence-electron chi connectivity index (χ2n) is 5.03. The molecule has 2 aromatic carbocycles. The minimum Gasteiger partial charge on any atom is -0.494 e. The Morgan fingerprint density at radius 3 is 2.14 bits per heavy atom. The molecule has 2 N–H and O–H groups in total. The lowest BCUT2D eigenvalue weighted by Gasteiger charge is -2.06. The molecule has 0 saturated carbocycles. The molecule has 1 aromatic heterocycles. The van der Waals surface area contributed by atoms with Crippen LogP contribution in [0.4, 0.5) is 0 Å². The van der Waals surface area contributed by atoms with Crippen LogP contribution in [0.25, 0.3) is 11.1 Å². The van der Waals surface area contributed by atoms with Crippen LogP contribution in [0.5, 0.6) is 5.88 Å². The third kappa shape index (κ3) is 2.59. The van der Waals surface area contributed by atoms with Crippen LogP contribution < -0.4 is 0 Å². The Hall–Kier alpha value is -3.01. The number of rotatable bonds is 4. The molecule has 3 rings (SSSR count). The fraction of sp³-hybridized carbons (Fsp3) is 0.0556. The van der Waals surface area contributed by atoms with Gasteiger partial charge in [-0.15, -0.1) is 0 Å². The van der Waals surface area contributed by atoms with E-state index in [4.69, 9.17) is 0 Å². The molecule has 22 heavy (non-hydrogen) atoms. The molecule has 0 saturated heterocycles. The van der Waals surface area contributed by atoms with Gasteiger partial charge in [-0.05, 0) is 11.1 Å². The van der Waals surface area contributed by atoms with Crippen molar-refractivity contribution in [2.45, 2.75) is 6.54 Å². The maximum Gasteiger partial charge on any atom is 0.338 e. The second-order valence-corrected chi connectivity index (χ2v) is 5.03. The quantitative estimate of drug-likeness (QED) is 0.772. The molecule has 0 amide bonds. The molecule has 0 aliphatic heterocycles. The highest BCUT2D eigenvalue weighted by molar-refractivity contribution is 5.97. The zero-order chi connectivity index (χ0) is 15.5. The summed E-state index contributed by atoms with van der Waals surface area (Å²) in [6.45, 7) is 0.416. The van der Waals surface area contributed by atoms with Gasteiger partial charge in [-0.2, -0.15) is 0 Å². The first-order valence-corrected chi connectivity index (χ1v) is 6.91.